The Hall–Kier alpha value is -0.310. The molecule has 1 aromatic carbocycles. The first-order valence-corrected chi connectivity index (χ1v) is 8.16. The summed E-state index contributed by atoms with van der Waals surface area (Å²) in [6.45, 7) is 0. The molecule has 0 atom stereocenters. The van der Waals surface area contributed by atoms with Crippen LogP contribution in [0.2, 0.25) is 0 Å². The number of benzene rings is 1. The fourth-order valence-corrected chi connectivity index (χ4v) is 1.75. The van der Waals surface area contributed by atoms with Crippen LogP contribution in [0.4, 0.5) is 8.78 Å². The van der Waals surface area contributed by atoms with E-state index in [1.165, 1.54) is 0 Å². The van der Waals surface area contributed by atoms with Crippen molar-refractivity contribution in [3.8, 4) is 11.5 Å². The molecule has 0 bridgehead atoms. The van der Waals surface area contributed by atoms with E-state index in [0.29, 0.717) is 0 Å². The van der Waals surface area contributed by atoms with Crippen molar-refractivity contribution in [2.24, 2.45) is 0 Å². The summed E-state index contributed by atoms with van der Waals surface area (Å²) in [4.78, 5) is -2.03. The highest BCUT2D eigenvalue weighted by molar-refractivity contribution is 9.10. The molecule has 4 nitrogen and oxygen atoms in total. The third kappa shape index (κ3) is 5.29. The van der Waals surface area contributed by atoms with Crippen molar-refractivity contribution in [2.75, 3.05) is 4.66 Å². The quantitative estimate of drug-likeness (QED) is 0.542. The van der Waals surface area contributed by atoms with Crippen LogP contribution in [-0.2, 0) is 10.1 Å². The summed E-state index contributed by atoms with van der Waals surface area (Å²) < 4.78 is 56.8. The molecule has 0 fully saturated rings. The fraction of sp³-hybridized carbons (Fsp3) is 0.333. The number of hydrogen-bond donors (Lipinski definition) is 0. The van der Waals surface area contributed by atoms with Crippen molar-refractivity contribution < 1.29 is 26.1 Å². The Kier molecular flexibility index (Phi) is 5.66. The fourth-order valence-electron chi connectivity index (χ4n) is 0.934. The second kappa shape index (κ2) is 6.43. The van der Waals surface area contributed by atoms with Gasteiger partial charge in [-0.15, -0.1) is 0 Å². The summed E-state index contributed by atoms with van der Waals surface area (Å²) >= 11 is 12.8. The van der Waals surface area contributed by atoms with Gasteiger partial charge in [0.2, 0.25) is 4.84 Å². The normalized spacial score (nSPS) is 12.5. The molecule has 19 heavy (non-hydrogen) atoms. The van der Waals surface area contributed by atoms with Gasteiger partial charge in [-0.05, 0) is 24.3 Å². The van der Waals surface area contributed by atoms with E-state index >= 15 is 0 Å². The number of hydrogen-bond acceptors (Lipinski definition) is 4. The molecule has 0 spiro atoms. The third-order valence-electron chi connectivity index (χ3n) is 1.69. The van der Waals surface area contributed by atoms with Gasteiger partial charge < -0.3 is 8.92 Å². The van der Waals surface area contributed by atoms with Crippen LogP contribution in [-0.4, -0.2) is 24.0 Å². The summed E-state index contributed by atoms with van der Waals surface area (Å²) in [5, 5.41) is 0. The van der Waals surface area contributed by atoms with Crippen LogP contribution in [0.1, 0.15) is 0 Å². The van der Waals surface area contributed by atoms with Gasteiger partial charge in [0.05, 0.1) is 0 Å². The summed E-state index contributed by atoms with van der Waals surface area (Å²) in [6.07, 6.45) is -3.76. The van der Waals surface area contributed by atoms with E-state index in [1.54, 1.807) is 0 Å². The Morgan fingerprint density at radius 3 is 2.11 bits per heavy atom. The lowest BCUT2D eigenvalue weighted by Gasteiger charge is -2.18. The first-order valence-electron chi connectivity index (χ1n) is 4.59. The highest BCUT2D eigenvalue weighted by atomic mass is 79.9. The summed E-state index contributed by atoms with van der Waals surface area (Å²) in [7, 11) is -3.75. The van der Waals surface area contributed by atoms with Gasteiger partial charge in [0.15, 0.2) is 0 Å². The molecule has 0 aliphatic rings. The Labute approximate surface area is 126 Å². The minimum Gasteiger partial charge on any atom is -0.431 e. The summed E-state index contributed by atoms with van der Waals surface area (Å²) in [6, 6.07) is 4.51. The van der Waals surface area contributed by atoms with Gasteiger partial charge in [-0.25, -0.2) is 0 Å². The van der Waals surface area contributed by atoms with Crippen LogP contribution in [0.15, 0.2) is 24.3 Å². The van der Waals surface area contributed by atoms with Crippen LogP contribution in [0.3, 0.4) is 0 Å². The molecule has 0 aromatic heterocycles. The van der Waals surface area contributed by atoms with Gasteiger partial charge in [0, 0.05) is 0 Å². The Morgan fingerprint density at radius 1 is 1.21 bits per heavy atom. The average molecular weight is 400 g/mol. The lowest BCUT2D eigenvalue weighted by Crippen LogP contribution is -2.32. The number of ether oxygens (including phenoxy) is 1. The predicted molar refractivity (Wildman–Crippen MR) is 70.9 cm³/mol. The van der Waals surface area contributed by atoms with Crippen LogP contribution in [0, 0.1) is 0 Å². The SMILES string of the molecule is O=S(=O)(CBr)Oc1ccc(OC(F)(F)C(Cl)Cl)cc1. The second-order valence-corrected chi connectivity index (χ2v) is 7.16. The van der Waals surface area contributed by atoms with Crippen LogP contribution < -0.4 is 8.92 Å². The smallest absolute Gasteiger partial charge is 0.428 e. The van der Waals surface area contributed by atoms with Crippen molar-refractivity contribution in [3.63, 3.8) is 0 Å². The lowest BCUT2D eigenvalue weighted by atomic mass is 10.3. The first-order chi connectivity index (χ1) is 8.66. The zero-order valence-electron chi connectivity index (χ0n) is 9.02. The molecule has 10 heteroatoms. The molecule has 0 unspecified atom stereocenters. The maximum atomic E-state index is 13.0. The second-order valence-electron chi connectivity index (χ2n) is 3.19. The van der Waals surface area contributed by atoms with E-state index in [2.05, 4.69) is 24.8 Å². The van der Waals surface area contributed by atoms with Gasteiger partial charge in [0.25, 0.3) is 0 Å². The lowest BCUT2D eigenvalue weighted by molar-refractivity contribution is -0.163. The monoisotopic (exact) mass is 398 g/mol. The van der Waals surface area contributed by atoms with E-state index in [0.717, 1.165) is 24.3 Å². The molecule has 1 rings (SSSR count). The van der Waals surface area contributed by atoms with E-state index in [1.807, 2.05) is 0 Å². The van der Waals surface area contributed by atoms with Crippen molar-refractivity contribution in [1.82, 2.24) is 0 Å². The largest absolute Gasteiger partial charge is 0.431 e. The van der Waals surface area contributed by atoms with E-state index in [9.17, 15) is 17.2 Å². The highest BCUT2D eigenvalue weighted by Gasteiger charge is 2.40. The molecule has 0 radical (unpaired) electrons. The maximum Gasteiger partial charge on any atom is 0.428 e. The standard InChI is InChI=1S/C9H7BrCl2F2O4S/c10-5-19(15,16)18-7-3-1-6(2-4-7)17-9(13,14)8(11)12/h1-4,8H,5H2. The Morgan fingerprint density at radius 2 is 1.68 bits per heavy atom. The highest BCUT2D eigenvalue weighted by Crippen LogP contribution is 2.31. The molecule has 0 amide bonds. The van der Waals surface area contributed by atoms with Gasteiger partial charge in [-0.1, -0.05) is 39.1 Å². The Bertz CT molecular complexity index is 522. The van der Waals surface area contributed by atoms with Crippen LogP contribution in [0.25, 0.3) is 0 Å². The molecular formula is C9H7BrCl2F2O4S. The minimum atomic E-state index is -3.76. The summed E-state index contributed by atoms with van der Waals surface area (Å²) in [5.74, 6) is -0.275. The van der Waals surface area contributed by atoms with E-state index in [4.69, 9.17) is 23.2 Å². The predicted octanol–water partition coefficient (Wildman–Crippen LogP) is 3.52. The van der Waals surface area contributed by atoms with E-state index in [-0.39, 0.29) is 11.5 Å². The molecule has 0 saturated heterocycles. The molecule has 0 N–H and O–H groups in total. The van der Waals surface area contributed by atoms with Gasteiger partial charge >= 0.3 is 16.2 Å². The third-order valence-corrected chi connectivity index (χ3v) is 4.59. The zero-order chi connectivity index (χ0) is 14.7. The molecule has 1 aromatic rings. The van der Waals surface area contributed by atoms with Crippen molar-refractivity contribution in [1.29, 1.82) is 0 Å². The maximum absolute atomic E-state index is 13.0. The molecular weight excluding hydrogens is 393 g/mol. The topological polar surface area (TPSA) is 52.6 Å². The molecule has 108 valence electrons. The molecule has 0 aliphatic heterocycles. The van der Waals surface area contributed by atoms with Gasteiger partial charge in [0.1, 0.15) is 16.2 Å². The van der Waals surface area contributed by atoms with Crippen LogP contribution in [0.5, 0.6) is 11.5 Å². The zero-order valence-corrected chi connectivity index (χ0v) is 12.9. The minimum absolute atomic E-state index is 0.0385. The average Bonchev–Trinajstić information content (AvgIpc) is 2.31. The Balaban J connectivity index is 2.78. The van der Waals surface area contributed by atoms with Gasteiger partial charge in [-0.3, -0.25) is 0 Å². The molecule has 0 aliphatic carbocycles. The van der Waals surface area contributed by atoms with E-state index < -0.39 is 25.7 Å². The first kappa shape index (κ1) is 16.7. The number of halogens is 5. The van der Waals surface area contributed by atoms with Crippen molar-refractivity contribution in [3.05, 3.63) is 24.3 Å². The molecule has 0 saturated carbocycles. The molecule has 0 heterocycles. The van der Waals surface area contributed by atoms with Gasteiger partial charge in [-0.2, -0.15) is 17.2 Å². The van der Waals surface area contributed by atoms with Crippen molar-refractivity contribution >= 4 is 49.2 Å². The van der Waals surface area contributed by atoms with Crippen LogP contribution >= 0.6 is 39.1 Å². The summed E-state index contributed by atoms with van der Waals surface area (Å²) in [5.41, 5.74) is 0. The van der Waals surface area contributed by atoms with Crippen molar-refractivity contribution in [2.45, 2.75) is 10.9 Å². The number of rotatable bonds is 6. The number of alkyl halides is 5.